The summed E-state index contributed by atoms with van der Waals surface area (Å²) in [6, 6.07) is -1.13. The fraction of sp³-hybridized carbons (Fsp3) is 0.750. The van der Waals surface area contributed by atoms with Gasteiger partial charge in [0.2, 0.25) is 5.91 Å². The summed E-state index contributed by atoms with van der Waals surface area (Å²) >= 11 is 0. The van der Waals surface area contributed by atoms with Crippen molar-refractivity contribution in [1.29, 1.82) is 0 Å². The van der Waals surface area contributed by atoms with Gasteiger partial charge in [-0.05, 0) is 6.42 Å². The van der Waals surface area contributed by atoms with Gasteiger partial charge in [0.1, 0.15) is 0 Å². The van der Waals surface area contributed by atoms with Gasteiger partial charge < -0.3 is 15.1 Å². The zero-order valence-electron chi connectivity index (χ0n) is 7.86. The first-order chi connectivity index (χ1) is 6.04. The van der Waals surface area contributed by atoms with Gasteiger partial charge in [0, 0.05) is 13.5 Å². The van der Waals surface area contributed by atoms with Crippen LogP contribution in [0.4, 0.5) is 0 Å². The smallest absolute Gasteiger partial charge is 0.328 e. The first-order valence-corrected chi connectivity index (χ1v) is 4.13. The molecule has 1 amide bonds. The molecule has 0 saturated carbocycles. The van der Waals surface area contributed by atoms with Crippen molar-refractivity contribution in [2.75, 3.05) is 13.7 Å². The van der Waals surface area contributed by atoms with Crippen LogP contribution in [0.25, 0.3) is 0 Å². The number of carbonyl (C=O) groups excluding carboxylic acids is 1. The predicted octanol–water partition coefficient (Wildman–Crippen LogP) is -0.310. The Labute approximate surface area is 77.0 Å². The number of rotatable bonds is 5. The Hall–Kier alpha value is -1.10. The number of carbonyl (C=O) groups is 2. The summed E-state index contributed by atoms with van der Waals surface area (Å²) in [5.41, 5.74) is 0. The van der Waals surface area contributed by atoms with E-state index in [1.54, 1.807) is 0 Å². The van der Waals surface area contributed by atoms with Crippen molar-refractivity contribution < 1.29 is 19.8 Å². The zero-order chi connectivity index (χ0) is 10.4. The summed E-state index contributed by atoms with van der Waals surface area (Å²) in [6.07, 6.45) is 0.973. The van der Waals surface area contributed by atoms with E-state index in [2.05, 4.69) is 0 Å². The lowest BCUT2D eigenvalue weighted by molar-refractivity contribution is -0.150. The highest BCUT2D eigenvalue weighted by molar-refractivity contribution is 5.83. The van der Waals surface area contributed by atoms with Crippen LogP contribution in [0, 0.1) is 0 Å². The van der Waals surface area contributed by atoms with Crippen LogP contribution >= 0.6 is 0 Å². The van der Waals surface area contributed by atoms with Crippen LogP contribution in [-0.2, 0) is 9.59 Å². The van der Waals surface area contributed by atoms with Crippen LogP contribution in [0.2, 0.25) is 0 Å². The number of likely N-dealkylation sites (N-methyl/N-ethyl adjacent to an activating group) is 1. The molecule has 0 aromatic carbocycles. The van der Waals surface area contributed by atoms with Crippen molar-refractivity contribution >= 4 is 11.9 Å². The summed E-state index contributed by atoms with van der Waals surface area (Å²) in [7, 11) is 1.38. The Morgan fingerprint density at radius 2 is 2.00 bits per heavy atom. The van der Waals surface area contributed by atoms with E-state index in [-0.39, 0.29) is 5.91 Å². The van der Waals surface area contributed by atoms with Crippen molar-refractivity contribution in [3.05, 3.63) is 0 Å². The molecular weight excluding hydrogens is 174 g/mol. The third-order valence-electron chi connectivity index (χ3n) is 1.78. The number of aliphatic hydroxyl groups excluding tert-OH is 1. The van der Waals surface area contributed by atoms with E-state index < -0.39 is 18.6 Å². The first kappa shape index (κ1) is 11.9. The predicted molar refractivity (Wildman–Crippen MR) is 46.2 cm³/mol. The van der Waals surface area contributed by atoms with E-state index in [1.165, 1.54) is 7.05 Å². The maximum absolute atomic E-state index is 11.2. The molecule has 0 aromatic rings. The number of carboxylic acid groups (broad SMARTS) is 1. The Bertz CT molecular complexity index is 193. The van der Waals surface area contributed by atoms with Crippen LogP contribution < -0.4 is 0 Å². The van der Waals surface area contributed by atoms with Gasteiger partial charge in [-0.25, -0.2) is 4.79 Å². The molecule has 0 rings (SSSR count). The maximum atomic E-state index is 11.2. The van der Waals surface area contributed by atoms with Crippen LogP contribution in [0.1, 0.15) is 19.8 Å². The number of hydrogen-bond acceptors (Lipinski definition) is 3. The molecule has 0 aromatic heterocycles. The molecule has 1 unspecified atom stereocenters. The quantitative estimate of drug-likeness (QED) is 0.622. The molecular formula is C8H15NO4. The second-order valence-electron chi connectivity index (χ2n) is 2.79. The summed E-state index contributed by atoms with van der Waals surface area (Å²) in [6.45, 7) is 1.28. The number of carboxylic acids is 1. The number of aliphatic carboxylic acids is 1. The van der Waals surface area contributed by atoms with E-state index in [9.17, 15) is 9.59 Å². The van der Waals surface area contributed by atoms with Gasteiger partial charge in [-0.15, -0.1) is 0 Å². The lowest BCUT2D eigenvalue weighted by Crippen LogP contribution is -2.44. The number of amides is 1. The van der Waals surface area contributed by atoms with Gasteiger partial charge in [-0.1, -0.05) is 6.92 Å². The van der Waals surface area contributed by atoms with E-state index in [4.69, 9.17) is 10.2 Å². The Morgan fingerprint density at radius 3 is 2.31 bits per heavy atom. The minimum atomic E-state index is -1.19. The summed E-state index contributed by atoms with van der Waals surface area (Å²) in [4.78, 5) is 22.8. The molecule has 5 nitrogen and oxygen atoms in total. The SMILES string of the molecule is CCCC(=O)N(C)C(CO)C(=O)O. The molecule has 0 bridgehead atoms. The number of hydrogen-bond donors (Lipinski definition) is 2. The van der Waals surface area contributed by atoms with Gasteiger partial charge in [-0.3, -0.25) is 4.79 Å². The molecule has 0 heterocycles. The van der Waals surface area contributed by atoms with E-state index in [0.717, 1.165) is 4.90 Å². The normalized spacial score (nSPS) is 12.2. The second-order valence-corrected chi connectivity index (χ2v) is 2.79. The number of nitrogens with zero attached hydrogens (tertiary/aromatic N) is 1. The monoisotopic (exact) mass is 189 g/mol. The highest BCUT2D eigenvalue weighted by Crippen LogP contribution is 2.01. The second kappa shape index (κ2) is 5.53. The Balaban J connectivity index is 4.27. The van der Waals surface area contributed by atoms with Crippen LogP contribution in [-0.4, -0.2) is 46.7 Å². The highest BCUT2D eigenvalue weighted by atomic mass is 16.4. The minimum absolute atomic E-state index is 0.260. The topological polar surface area (TPSA) is 77.8 Å². The van der Waals surface area contributed by atoms with Gasteiger partial charge in [0.05, 0.1) is 6.61 Å². The van der Waals surface area contributed by atoms with Crippen molar-refractivity contribution in [2.45, 2.75) is 25.8 Å². The molecule has 76 valence electrons. The molecule has 0 aliphatic heterocycles. The Morgan fingerprint density at radius 1 is 1.46 bits per heavy atom. The van der Waals surface area contributed by atoms with Gasteiger partial charge in [0.25, 0.3) is 0 Å². The van der Waals surface area contributed by atoms with Crippen molar-refractivity contribution in [1.82, 2.24) is 4.90 Å². The molecule has 0 radical (unpaired) electrons. The summed E-state index contributed by atoms with van der Waals surface area (Å²) in [5, 5.41) is 17.3. The molecule has 0 fully saturated rings. The lowest BCUT2D eigenvalue weighted by atomic mass is 10.2. The van der Waals surface area contributed by atoms with Crippen molar-refractivity contribution in [3.63, 3.8) is 0 Å². The van der Waals surface area contributed by atoms with Crippen molar-refractivity contribution in [2.24, 2.45) is 0 Å². The summed E-state index contributed by atoms with van der Waals surface area (Å²) in [5.74, 6) is -1.45. The molecule has 0 aliphatic rings. The molecule has 0 aliphatic carbocycles. The van der Waals surface area contributed by atoms with Crippen LogP contribution in [0.15, 0.2) is 0 Å². The third-order valence-corrected chi connectivity index (χ3v) is 1.78. The number of aliphatic hydroxyl groups is 1. The van der Waals surface area contributed by atoms with Crippen LogP contribution in [0.3, 0.4) is 0 Å². The minimum Gasteiger partial charge on any atom is -0.480 e. The molecule has 0 saturated heterocycles. The largest absolute Gasteiger partial charge is 0.480 e. The fourth-order valence-electron chi connectivity index (χ4n) is 0.930. The molecule has 5 heteroatoms. The lowest BCUT2D eigenvalue weighted by Gasteiger charge is -2.22. The summed E-state index contributed by atoms with van der Waals surface area (Å²) < 4.78 is 0. The molecule has 13 heavy (non-hydrogen) atoms. The van der Waals surface area contributed by atoms with E-state index >= 15 is 0 Å². The zero-order valence-corrected chi connectivity index (χ0v) is 7.86. The fourth-order valence-corrected chi connectivity index (χ4v) is 0.930. The van der Waals surface area contributed by atoms with E-state index in [0.29, 0.717) is 12.8 Å². The first-order valence-electron chi connectivity index (χ1n) is 4.13. The average Bonchev–Trinajstić information content (AvgIpc) is 2.05. The third kappa shape index (κ3) is 3.42. The Kier molecular flexibility index (Phi) is 5.06. The highest BCUT2D eigenvalue weighted by Gasteiger charge is 2.24. The standard InChI is InChI=1S/C8H15NO4/c1-3-4-7(11)9(2)6(5-10)8(12)13/h6,10H,3-5H2,1-2H3,(H,12,13). The van der Waals surface area contributed by atoms with Gasteiger partial charge >= 0.3 is 5.97 Å². The average molecular weight is 189 g/mol. The molecule has 1 atom stereocenters. The van der Waals surface area contributed by atoms with Crippen LogP contribution in [0.5, 0.6) is 0 Å². The van der Waals surface area contributed by atoms with Gasteiger partial charge in [-0.2, -0.15) is 0 Å². The van der Waals surface area contributed by atoms with Gasteiger partial charge in [0.15, 0.2) is 6.04 Å². The van der Waals surface area contributed by atoms with Crippen molar-refractivity contribution in [3.8, 4) is 0 Å². The molecule has 2 N–H and O–H groups in total. The maximum Gasteiger partial charge on any atom is 0.328 e. The molecule has 0 spiro atoms. The van der Waals surface area contributed by atoms with E-state index in [1.807, 2.05) is 6.92 Å².